The summed E-state index contributed by atoms with van der Waals surface area (Å²) in [6.07, 6.45) is 1.72. The molecule has 1 aromatic carbocycles. The van der Waals surface area contributed by atoms with Crippen LogP contribution >= 0.6 is 15.9 Å². The van der Waals surface area contributed by atoms with E-state index in [0.29, 0.717) is 6.54 Å². The van der Waals surface area contributed by atoms with E-state index in [4.69, 9.17) is 4.42 Å². The van der Waals surface area contributed by atoms with E-state index in [-0.39, 0.29) is 5.91 Å². The number of benzene rings is 1. The van der Waals surface area contributed by atoms with Gasteiger partial charge in [-0.25, -0.2) is 0 Å². The maximum atomic E-state index is 12.1. The lowest BCUT2D eigenvalue weighted by Gasteiger charge is -2.28. The third-order valence-corrected chi connectivity index (χ3v) is 4.74. The van der Waals surface area contributed by atoms with Gasteiger partial charge in [0.05, 0.1) is 6.26 Å². The van der Waals surface area contributed by atoms with Crippen LogP contribution in [0.15, 0.2) is 51.6 Å². The van der Waals surface area contributed by atoms with Gasteiger partial charge >= 0.3 is 0 Å². The lowest BCUT2D eigenvalue weighted by Crippen LogP contribution is -3.28. The second kappa shape index (κ2) is 7.77. The van der Waals surface area contributed by atoms with Crippen LogP contribution in [0.3, 0.4) is 0 Å². The van der Waals surface area contributed by atoms with Gasteiger partial charge in [0.2, 0.25) is 0 Å². The third-order valence-electron chi connectivity index (χ3n) is 4.21. The summed E-state index contributed by atoms with van der Waals surface area (Å²) in [5.74, 6) is 1.12. The topological polar surface area (TPSA) is 51.1 Å². The van der Waals surface area contributed by atoms with Crippen LogP contribution in [0.1, 0.15) is 5.76 Å². The van der Waals surface area contributed by atoms with Gasteiger partial charge in [0.25, 0.3) is 5.91 Å². The highest BCUT2D eigenvalue weighted by atomic mass is 79.9. The van der Waals surface area contributed by atoms with Crippen molar-refractivity contribution in [3.63, 3.8) is 0 Å². The normalized spacial score (nSPS) is 21.1. The third kappa shape index (κ3) is 4.92. The van der Waals surface area contributed by atoms with E-state index >= 15 is 0 Å². The smallest absolute Gasteiger partial charge is 0.279 e. The van der Waals surface area contributed by atoms with Gasteiger partial charge in [0, 0.05) is 10.2 Å². The minimum atomic E-state index is 0.0804. The molecule has 1 aliphatic heterocycles. The molecule has 122 valence electrons. The lowest BCUT2D eigenvalue weighted by atomic mass is 10.3. The van der Waals surface area contributed by atoms with Crippen molar-refractivity contribution in [1.29, 1.82) is 0 Å². The predicted octanol–water partition coefficient (Wildman–Crippen LogP) is -0.0358. The van der Waals surface area contributed by atoms with Crippen molar-refractivity contribution >= 4 is 27.5 Å². The van der Waals surface area contributed by atoms with Gasteiger partial charge in [-0.1, -0.05) is 15.9 Å². The molecular weight excluding hydrogens is 358 g/mol. The van der Waals surface area contributed by atoms with Crippen molar-refractivity contribution in [3.8, 4) is 0 Å². The first kappa shape index (κ1) is 16.2. The van der Waals surface area contributed by atoms with Gasteiger partial charge in [0.15, 0.2) is 12.3 Å². The van der Waals surface area contributed by atoms with Crippen molar-refractivity contribution in [2.75, 3.05) is 38.0 Å². The van der Waals surface area contributed by atoms with Crippen molar-refractivity contribution in [2.24, 2.45) is 0 Å². The Hall–Kier alpha value is -1.63. The molecule has 1 amide bonds. The summed E-state index contributed by atoms with van der Waals surface area (Å²) >= 11 is 3.39. The summed E-state index contributed by atoms with van der Waals surface area (Å²) in [5.41, 5.74) is 0.847. The molecule has 5 nitrogen and oxygen atoms in total. The zero-order chi connectivity index (χ0) is 16.1. The first-order valence-electron chi connectivity index (χ1n) is 7.94. The van der Waals surface area contributed by atoms with E-state index < -0.39 is 0 Å². The van der Waals surface area contributed by atoms with Crippen molar-refractivity contribution in [2.45, 2.75) is 6.54 Å². The fourth-order valence-electron chi connectivity index (χ4n) is 2.94. The van der Waals surface area contributed by atoms with Crippen LogP contribution in [-0.4, -0.2) is 38.6 Å². The van der Waals surface area contributed by atoms with E-state index in [9.17, 15) is 4.79 Å². The minimum absolute atomic E-state index is 0.0804. The summed E-state index contributed by atoms with van der Waals surface area (Å²) in [6, 6.07) is 11.6. The number of nitrogens with one attached hydrogen (secondary N) is 3. The van der Waals surface area contributed by atoms with Gasteiger partial charge in [0.1, 0.15) is 32.7 Å². The quantitative estimate of drug-likeness (QED) is 0.682. The minimum Gasteiger partial charge on any atom is -0.463 e. The summed E-state index contributed by atoms with van der Waals surface area (Å²) in [6.45, 7) is 5.65. The summed E-state index contributed by atoms with van der Waals surface area (Å²) in [4.78, 5) is 15.0. The van der Waals surface area contributed by atoms with Crippen molar-refractivity contribution < 1.29 is 19.0 Å². The van der Waals surface area contributed by atoms with Crippen LogP contribution in [0.5, 0.6) is 0 Å². The molecule has 3 N–H and O–H groups in total. The molecule has 0 saturated carbocycles. The number of hydrogen-bond donors (Lipinski definition) is 3. The van der Waals surface area contributed by atoms with E-state index in [2.05, 4.69) is 21.2 Å². The summed E-state index contributed by atoms with van der Waals surface area (Å²) in [5, 5.41) is 2.96. The number of amides is 1. The molecule has 1 aliphatic rings. The molecule has 1 aromatic heterocycles. The van der Waals surface area contributed by atoms with Crippen LogP contribution < -0.4 is 15.1 Å². The Balaban J connectivity index is 1.41. The second-order valence-electron chi connectivity index (χ2n) is 5.99. The van der Waals surface area contributed by atoms with Crippen LogP contribution in [0, 0.1) is 0 Å². The molecule has 0 atom stereocenters. The first-order chi connectivity index (χ1) is 11.2. The number of piperazine rings is 1. The Bertz CT molecular complexity index is 620. The Morgan fingerprint density at radius 1 is 1.09 bits per heavy atom. The zero-order valence-corrected chi connectivity index (χ0v) is 14.6. The number of furan rings is 1. The molecule has 1 saturated heterocycles. The summed E-state index contributed by atoms with van der Waals surface area (Å²) < 4.78 is 6.42. The average Bonchev–Trinajstić information content (AvgIpc) is 3.04. The van der Waals surface area contributed by atoms with Crippen LogP contribution in [0.4, 0.5) is 5.69 Å². The van der Waals surface area contributed by atoms with Gasteiger partial charge in [-0.3, -0.25) is 4.79 Å². The number of carbonyl (C=O) groups excluding carboxylic acids is 1. The Kier molecular flexibility index (Phi) is 5.48. The molecule has 1 fully saturated rings. The van der Waals surface area contributed by atoms with Crippen LogP contribution in [0.25, 0.3) is 0 Å². The fraction of sp³-hybridized carbons (Fsp3) is 0.353. The Labute approximate surface area is 144 Å². The molecule has 0 unspecified atom stereocenters. The molecule has 0 bridgehead atoms. The molecule has 23 heavy (non-hydrogen) atoms. The van der Waals surface area contributed by atoms with Crippen LogP contribution in [0.2, 0.25) is 0 Å². The highest BCUT2D eigenvalue weighted by Gasteiger charge is 2.25. The molecule has 0 spiro atoms. The molecule has 0 aliphatic carbocycles. The van der Waals surface area contributed by atoms with Gasteiger partial charge in [-0.2, -0.15) is 0 Å². The first-order valence-corrected chi connectivity index (χ1v) is 8.73. The van der Waals surface area contributed by atoms with E-state index in [0.717, 1.165) is 48.6 Å². The van der Waals surface area contributed by atoms with Gasteiger partial charge in [-0.05, 0) is 36.4 Å². The number of halogens is 1. The molecule has 2 aromatic rings. The SMILES string of the molecule is O=C(C[NH+]1CC[NH+](Cc2ccco2)CC1)Nc1ccc(Br)cc1. The number of anilines is 1. The van der Waals surface area contributed by atoms with E-state index in [1.165, 1.54) is 9.80 Å². The van der Waals surface area contributed by atoms with Crippen LogP contribution in [-0.2, 0) is 11.3 Å². The number of hydrogen-bond acceptors (Lipinski definition) is 2. The molecular formula is C17H22BrN3O2+2. The second-order valence-corrected chi connectivity index (χ2v) is 6.90. The van der Waals surface area contributed by atoms with Gasteiger partial charge in [-0.15, -0.1) is 0 Å². The van der Waals surface area contributed by atoms with E-state index in [1.54, 1.807) is 6.26 Å². The standard InChI is InChI=1S/C17H20BrN3O2/c18-14-3-5-15(6-4-14)19-17(22)13-21-9-7-20(8-10-21)12-16-2-1-11-23-16/h1-6,11H,7-10,12-13H2,(H,19,22)/p+2. The monoisotopic (exact) mass is 379 g/mol. The zero-order valence-electron chi connectivity index (χ0n) is 13.0. The predicted molar refractivity (Wildman–Crippen MR) is 91.4 cm³/mol. The van der Waals surface area contributed by atoms with Crippen molar-refractivity contribution in [1.82, 2.24) is 0 Å². The Morgan fingerprint density at radius 2 is 1.78 bits per heavy atom. The Morgan fingerprint density at radius 3 is 2.43 bits per heavy atom. The molecule has 3 rings (SSSR count). The summed E-state index contributed by atoms with van der Waals surface area (Å²) in [7, 11) is 0. The van der Waals surface area contributed by atoms with Gasteiger partial charge < -0.3 is 19.5 Å². The highest BCUT2D eigenvalue weighted by molar-refractivity contribution is 9.10. The number of rotatable bonds is 5. The maximum Gasteiger partial charge on any atom is 0.279 e. The molecule has 2 heterocycles. The molecule has 0 radical (unpaired) electrons. The lowest BCUT2D eigenvalue weighted by molar-refractivity contribution is -1.02. The van der Waals surface area contributed by atoms with Crippen molar-refractivity contribution in [3.05, 3.63) is 52.9 Å². The molecule has 6 heteroatoms. The fourth-order valence-corrected chi connectivity index (χ4v) is 3.20. The largest absolute Gasteiger partial charge is 0.463 e. The average molecular weight is 380 g/mol. The maximum absolute atomic E-state index is 12.1. The number of quaternary nitrogens is 2. The van der Waals surface area contributed by atoms with E-state index in [1.807, 2.05) is 36.4 Å². The highest BCUT2D eigenvalue weighted by Crippen LogP contribution is 2.13. The number of carbonyl (C=O) groups is 1.